The van der Waals surface area contributed by atoms with Gasteiger partial charge >= 0.3 is 12.1 Å². The van der Waals surface area contributed by atoms with E-state index in [1.165, 1.54) is 17.3 Å². The van der Waals surface area contributed by atoms with Gasteiger partial charge in [0.1, 0.15) is 0 Å². The van der Waals surface area contributed by atoms with Crippen LogP contribution in [0.3, 0.4) is 0 Å². The van der Waals surface area contributed by atoms with E-state index in [1.54, 1.807) is 23.1 Å². The lowest BCUT2D eigenvalue weighted by atomic mass is 10.1. The Bertz CT molecular complexity index is 959. The molecule has 2 N–H and O–H groups in total. The average Bonchev–Trinajstić information content (AvgIpc) is 3.10. The minimum Gasteiger partial charge on any atom is -0.493 e. The summed E-state index contributed by atoms with van der Waals surface area (Å²) in [5, 5.41) is 23.9. The zero-order chi connectivity index (χ0) is 18.1. The van der Waals surface area contributed by atoms with Gasteiger partial charge in [-0.1, -0.05) is 0 Å². The summed E-state index contributed by atoms with van der Waals surface area (Å²) >= 11 is 0. The van der Waals surface area contributed by atoms with Gasteiger partial charge in [-0.05, 0) is 18.9 Å². The van der Waals surface area contributed by atoms with E-state index in [0.717, 1.165) is 12.8 Å². The van der Waals surface area contributed by atoms with Crippen LogP contribution in [0.25, 0.3) is 10.9 Å². The smallest absolute Gasteiger partial charge is 0.407 e. The number of likely N-dealkylation sites (tertiary alicyclic amines) is 1. The molecule has 4 rings (SSSR count). The molecule has 4 heterocycles. The fourth-order valence-corrected chi connectivity index (χ4v) is 3.01. The molecule has 0 saturated carbocycles. The highest BCUT2D eigenvalue weighted by Crippen LogP contribution is 2.27. The summed E-state index contributed by atoms with van der Waals surface area (Å²) in [5.74, 6) is 0.212. The lowest BCUT2D eigenvalue weighted by Crippen LogP contribution is -2.39. The van der Waals surface area contributed by atoms with E-state index in [4.69, 9.17) is 9.84 Å². The van der Waals surface area contributed by atoms with Crippen LogP contribution < -0.4 is 4.74 Å². The Morgan fingerprint density at radius 2 is 2.19 bits per heavy atom. The molecule has 1 amide bonds. The number of aromatic nitrogens is 5. The minimum atomic E-state index is -0.924. The molecule has 0 bridgehead atoms. The van der Waals surface area contributed by atoms with Gasteiger partial charge in [0.15, 0.2) is 5.75 Å². The van der Waals surface area contributed by atoms with Crippen LogP contribution in [0, 0.1) is 0 Å². The monoisotopic (exact) mass is 356 g/mol. The molecule has 10 heteroatoms. The molecule has 1 saturated heterocycles. The maximum atomic E-state index is 11.1. The predicted octanol–water partition coefficient (Wildman–Crippen LogP) is 2.03. The number of hydrogen-bond donors (Lipinski definition) is 2. The number of ether oxygens (including phenoxy) is 1. The molecule has 3 aromatic rings. The number of nitrogens with zero attached hydrogens (tertiary/aromatic N) is 6. The summed E-state index contributed by atoms with van der Waals surface area (Å²) in [7, 11) is 0. The molecule has 0 aromatic carbocycles. The summed E-state index contributed by atoms with van der Waals surface area (Å²) in [4.78, 5) is 24.6. The number of amides is 1. The summed E-state index contributed by atoms with van der Waals surface area (Å²) in [6.45, 7) is 0.921. The third kappa shape index (κ3) is 3.08. The molecule has 0 unspecified atom stereocenters. The second-order valence-corrected chi connectivity index (χ2v) is 6.01. The van der Waals surface area contributed by atoms with Crippen molar-refractivity contribution in [3.63, 3.8) is 0 Å². The first-order valence-corrected chi connectivity index (χ1v) is 8.11. The van der Waals surface area contributed by atoms with Crippen LogP contribution in [-0.2, 0) is 0 Å². The Labute approximate surface area is 147 Å². The van der Waals surface area contributed by atoms with Crippen molar-refractivity contribution in [1.29, 1.82) is 0 Å². The van der Waals surface area contributed by atoms with Crippen LogP contribution in [-0.4, -0.2) is 59.0 Å². The average molecular weight is 356 g/mol. The second kappa shape index (κ2) is 6.47. The largest absolute Gasteiger partial charge is 0.493 e. The molecule has 0 aliphatic carbocycles. The quantitative estimate of drug-likeness (QED) is 0.730. The van der Waals surface area contributed by atoms with Crippen molar-refractivity contribution in [1.82, 2.24) is 29.6 Å². The van der Waals surface area contributed by atoms with Gasteiger partial charge < -0.3 is 19.8 Å². The number of carbonyl (C=O) groups is 1. The van der Waals surface area contributed by atoms with Crippen LogP contribution in [0.5, 0.6) is 17.6 Å². The molecule has 1 atom stereocenters. The van der Waals surface area contributed by atoms with E-state index in [9.17, 15) is 9.90 Å². The van der Waals surface area contributed by atoms with Crippen molar-refractivity contribution in [2.45, 2.75) is 18.9 Å². The maximum Gasteiger partial charge on any atom is 0.407 e. The standard InChI is InChI=1S/C16H16N6O4/c23-14-12-3-4-17-7-13(12)19-15(20-14)26-11-6-18-22(9-11)10-2-1-5-21(8-10)16(24)25/h3-4,6-7,9-10H,1-2,5,8H2,(H,24,25)(H,19,20,23)/t10-/m0/s1. The first-order chi connectivity index (χ1) is 12.6. The van der Waals surface area contributed by atoms with Crippen LogP contribution >= 0.6 is 0 Å². The molecule has 1 aliphatic heterocycles. The molecule has 26 heavy (non-hydrogen) atoms. The number of hydrogen-bond acceptors (Lipinski definition) is 7. The Hall–Kier alpha value is -3.43. The molecule has 1 aliphatic rings. The molecule has 0 spiro atoms. The minimum absolute atomic E-state index is 0.0154. The Morgan fingerprint density at radius 1 is 1.31 bits per heavy atom. The van der Waals surface area contributed by atoms with Crippen molar-refractivity contribution in [2.75, 3.05) is 13.1 Å². The van der Waals surface area contributed by atoms with Crippen LogP contribution in [0.15, 0.2) is 30.9 Å². The zero-order valence-electron chi connectivity index (χ0n) is 13.7. The van der Waals surface area contributed by atoms with E-state index in [2.05, 4.69) is 20.1 Å². The van der Waals surface area contributed by atoms with Crippen molar-refractivity contribution in [3.8, 4) is 17.6 Å². The summed E-state index contributed by atoms with van der Waals surface area (Å²) in [5.41, 5.74) is 0.465. The highest BCUT2D eigenvalue weighted by atomic mass is 16.5. The molecule has 1 fully saturated rings. The second-order valence-electron chi connectivity index (χ2n) is 6.01. The lowest BCUT2D eigenvalue weighted by molar-refractivity contribution is 0.119. The van der Waals surface area contributed by atoms with Crippen molar-refractivity contribution >= 4 is 17.0 Å². The summed E-state index contributed by atoms with van der Waals surface area (Å²) in [6, 6.07) is 1.55. The number of fused-ring (bicyclic) bond motifs is 1. The fraction of sp³-hybridized carbons (Fsp3) is 0.312. The number of piperidine rings is 1. The van der Waals surface area contributed by atoms with E-state index in [-0.39, 0.29) is 17.9 Å². The maximum absolute atomic E-state index is 11.1. The van der Waals surface area contributed by atoms with Gasteiger partial charge in [0.05, 0.1) is 35.5 Å². The van der Waals surface area contributed by atoms with E-state index < -0.39 is 6.09 Å². The van der Waals surface area contributed by atoms with Crippen molar-refractivity contribution < 1.29 is 19.7 Å². The van der Waals surface area contributed by atoms with Crippen molar-refractivity contribution in [3.05, 3.63) is 30.9 Å². The van der Waals surface area contributed by atoms with Gasteiger partial charge in [0, 0.05) is 19.3 Å². The normalized spacial score (nSPS) is 17.4. The number of rotatable bonds is 3. The topological polar surface area (TPSA) is 126 Å². The van der Waals surface area contributed by atoms with Gasteiger partial charge in [-0.25, -0.2) is 4.79 Å². The summed E-state index contributed by atoms with van der Waals surface area (Å²) < 4.78 is 7.28. The molecule has 10 nitrogen and oxygen atoms in total. The van der Waals surface area contributed by atoms with E-state index in [0.29, 0.717) is 29.7 Å². The lowest BCUT2D eigenvalue weighted by Gasteiger charge is -2.30. The SMILES string of the molecule is O=C(O)N1CCC[C@H](n2cc(Oc3nc(O)c4ccncc4n3)cn2)C1. The van der Waals surface area contributed by atoms with E-state index in [1.807, 2.05) is 0 Å². The number of carboxylic acid groups (broad SMARTS) is 1. The van der Waals surface area contributed by atoms with Crippen molar-refractivity contribution in [2.24, 2.45) is 0 Å². The molecule has 3 aromatic heterocycles. The van der Waals surface area contributed by atoms with Gasteiger partial charge in [0.25, 0.3) is 0 Å². The molecular weight excluding hydrogens is 340 g/mol. The molecule has 134 valence electrons. The van der Waals surface area contributed by atoms with Crippen LogP contribution in [0.1, 0.15) is 18.9 Å². The summed E-state index contributed by atoms with van der Waals surface area (Å²) in [6.07, 6.45) is 6.92. The van der Waals surface area contributed by atoms with Crippen LogP contribution in [0.4, 0.5) is 4.79 Å². The predicted molar refractivity (Wildman–Crippen MR) is 89.2 cm³/mol. The first kappa shape index (κ1) is 16.1. The fourth-order valence-electron chi connectivity index (χ4n) is 3.01. The third-order valence-corrected chi connectivity index (χ3v) is 4.29. The highest BCUT2D eigenvalue weighted by molar-refractivity contribution is 5.82. The highest BCUT2D eigenvalue weighted by Gasteiger charge is 2.25. The van der Waals surface area contributed by atoms with E-state index >= 15 is 0 Å². The van der Waals surface area contributed by atoms with Crippen LogP contribution in [0.2, 0.25) is 0 Å². The third-order valence-electron chi connectivity index (χ3n) is 4.29. The van der Waals surface area contributed by atoms with Gasteiger partial charge in [-0.2, -0.15) is 15.1 Å². The molecular formula is C16H16N6O4. The molecule has 0 radical (unpaired) electrons. The van der Waals surface area contributed by atoms with Gasteiger partial charge in [-0.15, -0.1) is 0 Å². The number of aromatic hydroxyl groups is 1. The van der Waals surface area contributed by atoms with Gasteiger partial charge in [-0.3, -0.25) is 9.67 Å². The van der Waals surface area contributed by atoms with Gasteiger partial charge in [0.2, 0.25) is 5.88 Å². The zero-order valence-corrected chi connectivity index (χ0v) is 13.7. The Morgan fingerprint density at radius 3 is 3.04 bits per heavy atom. The first-order valence-electron chi connectivity index (χ1n) is 8.11. The Balaban J connectivity index is 1.53. The number of pyridine rings is 1. The Kier molecular flexibility index (Phi) is 3.99.